The van der Waals surface area contributed by atoms with E-state index in [1.807, 2.05) is 0 Å². The van der Waals surface area contributed by atoms with E-state index in [0.717, 1.165) is 38.1 Å². The predicted molar refractivity (Wildman–Crippen MR) is 59.9 cm³/mol. The molecule has 92 valence electrons. The van der Waals surface area contributed by atoms with Gasteiger partial charge in [0, 0.05) is 6.07 Å². The number of halogens is 2. The Kier molecular flexibility index (Phi) is 2.74. The van der Waals surface area contributed by atoms with Crippen LogP contribution in [0.5, 0.6) is 5.75 Å². The van der Waals surface area contributed by atoms with Crippen molar-refractivity contribution in [1.82, 2.24) is 5.32 Å². The Hall–Kier alpha value is -1.16. The van der Waals surface area contributed by atoms with Crippen LogP contribution >= 0.6 is 0 Å². The van der Waals surface area contributed by atoms with Crippen LogP contribution in [0.25, 0.3) is 0 Å². The monoisotopic (exact) mass is 239 g/mol. The van der Waals surface area contributed by atoms with Gasteiger partial charge in [-0.15, -0.1) is 0 Å². The third-order valence-electron chi connectivity index (χ3n) is 3.80. The van der Waals surface area contributed by atoms with E-state index in [1.54, 1.807) is 0 Å². The Balaban J connectivity index is 1.65. The lowest BCUT2D eigenvalue weighted by Crippen LogP contribution is -2.18. The first kappa shape index (κ1) is 11.0. The first-order valence-corrected chi connectivity index (χ1v) is 6.05. The van der Waals surface area contributed by atoms with Gasteiger partial charge in [0.25, 0.3) is 0 Å². The number of benzene rings is 1. The summed E-state index contributed by atoms with van der Waals surface area (Å²) >= 11 is 0. The average molecular weight is 239 g/mol. The van der Waals surface area contributed by atoms with Crippen molar-refractivity contribution >= 4 is 0 Å². The molecule has 17 heavy (non-hydrogen) atoms. The average Bonchev–Trinajstić information content (AvgIpc) is 2.84. The van der Waals surface area contributed by atoms with Crippen LogP contribution in [0, 0.1) is 23.5 Å². The van der Waals surface area contributed by atoms with Crippen molar-refractivity contribution in [3.63, 3.8) is 0 Å². The molecule has 2 nitrogen and oxygen atoms in total. The van der Waals surface area contributed by atoms with Crippen LogP contribution < -0.4 is 10.1 Å². The molecule has 2 fully saturated rings. The van der Waals surface area contributed by atoms with Gasteiger partial charge in [-0.05, 0) is 49.9 Å². The van der Waals surface area contributed by atoms with Crippen LogP contribution in [0.1, 0.15) is 12.8 Å². The van der Waals surface area contributed by atoms with Gasteiger partial charge in [0.1, 0.15) is 5.75 Å². The lowest BCUT2D eigenvalue weighted by Gasteiger charge is -2.14. The zero-order valence-corrected chi connectivity index (χ0v) is 9.46. The molecule has 4 heteroatoms. The van der Waals surface area contributed by atoms with E-state index >= 15 is 0 Å². The highest BCUT2D eigenvalue weighted by Gasteiger charge is 2.38. The van der Waals surface area contributed by atoms with Crippen molar-refractivity contribution < 1.29 is 13.5 Å². The minimum absolute atomic E-state index is 0.150. The van der Waals surface area contributed by atoms with E-state index in [1.165, 1.54) is 6.07 Å². The lowest BCUT2D eigenvalue weighted by atomic mass is 10.0. The van der Waals surface area contributed by atoms with Crippen molar-refractivity contribution in [1.29, 1.82) is 0 Å². The van der Waals surface area contributed by atoms with Gasteiger partial charge in [0.05, 0.1) is 6.10 Å². The number of fused-ring (bicyclic) bond motifs is 1. The molecule has 1 heterocycles. The number of hydrogen-bond donors (Lipinski definition) is 1. The zero-order chi connectivity index (χ0) is 11.8. The largest absolute Gasteiger partial charge is 0.490 e. The van der Waals surface area contributed by atoms with Gasteiger partial charge in [-0.2, -0.15) is 0 Å². The molecule has 0 amide bonds. The highest BCUT2D eigenvalue weighted by molar-refractivity contribution is 5.24. The van der Waals surface area contributed by atoms with Crippen LogP contribution in [0.3, 0.4) is 0 Å². The maximum Gasteiger partial charge on any atom is 0.162 e. The molecule has 1 saturated heterocycles. The fraction of sp³-hybridized carbons (Fsp3) is 0.538. The number of nitrogens with one attached hydrogen (secondary N) is 1. The van der Waals surface area contributed by atoms with Gasteiger partial charge < -0.3 is 10.1 Å². The van der Waals surface area contributed by atoms with E-state index in [2.05, 4.69) is 5.32 Å². The normalized spacial score (nSPS) is 31.5. The van der Waals surface area contributed by atoms with E-state index in [9.17, 15) is 8.78 Å². The van der Waals surface area contributed by atoms with Gasteiger partial charge in [0.15, 0.2) is 11.6 Å². The number of ether oxygens (including phenoxy) is 1. The SMILES string of the molecule is Fc1ccc(OC2C[C@H]3CNC[C@H]3C2)cc1F. The summed E-state index contributed by atoms with van der Waals surface area (Å²) in [5, 5.41) is 3.36. The van der Waals surface area contributed by atoms with Gasteiger partial charge >= 0.3 is 0 Å². The zero-order valence-electron chi connectivity index (χ0n) is 9.46. The van der Waals surface area contributed by atoms with Crippen molar-refractivity contribution in [2.45, 2.75) is 18.9 Å². The van der Waals surface area contributed by atoms with Gasteiger partial charge in [0.2, 0.25) is 0 Å². The third-order valence-corrected chi connectivity index (χ3v) is 3.80. The Morgan fingerprint density at radius 1 is 1.06 bits per heavy atom. The summed E-state index contributed by atoms with van der Waals surface area (Å²) in [6.07, 6.45) is 2.17. The van der Waals surface area contributed by atoms with Crippen molar-refractivity contribution in [3.8, 4) is 5.75 Å². The molecular weight excluding hydrogens is 224 g/mol. The van der Waals surface area contributed by atoms with Crippen molar-refractivity contribution in [3.05, 3.63) is 29.8 Å². The molecule has 0 bridgehead atoms. The van der Waals surface area contributed by atoms with Crippen LogP contribution in [0.15, 0.2) is 18.2 Å². The predicted octanol–water partition coefficient (Wildman–Crippen LogP) is 2.34. The molecule has 3 rings (SSSR count). The molecule has 1 aliphatic carbocycles. The topological polar surface area (TPSA) is 21.3 Å². The molecule has 1 aromatic carbocycles. The van der Waals surface area contributed by atoms with Gasteiger partial charge in [-0.3, -0.25) is 0 Å². The maximum absolute atomic E-state index is 13.0. The second-order valence-corrected chi connectivity index (χ2v) is 4.97. The second kappa shape index (κ2) is 4.26. The molecule has 0 spiro atoms. The highest BCUT2D eigenvalue weighted by Crippen LogP contribution is 2.36. The quantitative estimate of drug-likeness (QED) is 0.855. The maximum atomic E-state index is 13.0. The molecule has 3 atom stereocenters. The number of rotatable bonds is 2. The molecule has 0 aromatic heterocycles. The Bertz CT molecular complexity index is 412. The standard InChI is InChI=1S/C13H15F2NO/c14-12-2-1-10(5-13(12)15)17-11-3-8-6-16-7-9(8)4-11/h1-2,5,8-9,11,16H,3-4,6-7H2/t8-,9+,11?. The molecule has 1 unspecified atom stereocenters. The first-order valence-electron chi connectivity index (χ1n) is 6.05. The first-order chi connectivity index (χ1) is 8.22. The van der Waals surface area contributed by atoms with Crippen LogP contribution in [0.2, 0.25) is 0 Å². The van der Waals surface area contributed by atoms with Crippen molar-refractivity contribution in [2.75, 3.05) is 13.1 Å². The van der Waals surface area contributed by atoms with Crippen LogP contribution in [-0.4, -0.2) is 19.2 Å². The molecule has 0 radical (unpaired) electrons. The fourth-order valence-electron chi connectivity index (χ4n) is 2.95. The summed E-state index contributed by atoms with van der Waals surface area (Å²) in [5.41, 5.74) is 0. The van der Waals surface area contributed by atoms with Crippen molar-refractivity contribution in [2.24, 2.45) is 11.8 Å². The molecule has 2 aliphatic rings. The van der Waals surface area contributed by atoms with Gasteiger partial charge in [-0.1, -0.05) is 0 Å². The Morgan fingerprint density at radius 2 is 1.76 bits per heavy atom. The number of hydrogen-bond acceptors (Lipinski definition) is 2. The Labute approximate surface area is 99.0 Å². The summed E-state index contributed by atoms with van der Waals surface area (Å²) in [6, 6.07) is 3.73. The smallest absolute Gasteiger partial charge is 0.162 e. The molecule has 1 aromatic rings. The summed E-state index contributed by atoms with van der Waals surface area (Å²) in [5.74, 6) is 0.129. The van der Waals surface area contributed by atoms with E-state index < -0.39 is 11.6 Å². The minimum Gasteiger partial charge on any atom is -0.490 e. The fourth-order valence-corrected chi connectivity index (χ4v) is 2.95. The van der Waals surface area contributed by atoms with E-state index in [-0.39, 0.29) is 6.10 Å². The summed E-state index contributed by atoms with van der Waals surface area (Å²) < 4.78 is 31.5. The van der Waals surface area contributed by atoms with E-state index in [0.29, 0.717) is 17.6 Å². The minimum atomic E-state index is -0.845. The molecule has 1 saturated carbocycles. The van der Waals surface area contributed by atoms with Gasteiger partial charge in [-0.25, -0.2) is 8.78 Å². The Morgan fingerprint density at radius 3 is 2.41 bits per heavy atom. The molecule has 1 N–H and O–H groups in total. The lowest BCUT2D eigenvalue weighted by molar-refractivity contribution is 0.198. The van der Waals surface area contributed by atoms with Crippen LogP contribution in [0.4, 0.5) is 8.78 Å². The second-order valence-electron chi connectivity index (χ2n) is 4.97. The summed E-state index contributed by atoms with van der Waals surface area (Å²) in [6.45, 7) is 2.12. The highest BCUT2D eigenvalue weighted by atomic mass is 19.2. The molecule has 1 aliphatic heterocycles. The molecular formula is C13H15F2NO. The summed E-state index contributed by atoms with van der Waals surface area (Å²) in [7, 11) is 0. The third kappa shape index (κ3) is 2.14. The van der Waals surface area contributed by atoms with E-state index in [4.69, 9.17) is 4.74 Å². The van der Waals surface area contributed by atoms with Crippen LogP contribution in [-0.2, 0) is 0 Å². The summed E-state index contributed by atoms with van der Waals surface area (Å²) in [4.78, 5) is 0.